The van der Waals surface area contributed by atoms with Crippen LogP contribution in [0.3, 0.4) is 0 Å². The first-order valence-corrected chi connectivity index (χ1v) is 6.98. The fourth-order valence-corrected chi connectivity index (χ4v) is 2.68. The van der Waals surface area contributed by atoms with Crippen LogP contribution in [0.25, 0.3) is 0 Å². The van der Waals surface area contributed by atoms with Crippen molar-refractivity contribution in [2.24, 2.45) is 11.8 Å². The summed E-state index contributed by atoms with van der Waals surface area (Å²) in [5.41, 5.74) is 3.57. The van der Waals surface area contributed by atoms with E-state index >= 15 is 0 Å². The number of nitrogens with one attached hydrogen (secondary N) is 2. The monoisotopic (exact) mass is 265 g/mol. The highest BCUT2D eigenvalue weighted by atomic mass is 16.3. The van der Waals surface area contributed by atoms with Crippen LogP contribution in [-0.4, -0.2) is 27.7 Å². The molecule has 0 spiro atoms. The predicted octanol–water partition coefficient (Wildman–Crippen LogP) is 1.29. The van der Waals surface area contributed by atoms with Gasteiger partial charge in [-0.1, -0.05) is 19.8 Å². The lowest BCUT2D eigenvalue weighted by Gasteiger charge is -2.28. The number of rotatable bonds is 5. The third kappa shape index (κ3) is 3.33. The van der Waals surface area contributed by atoms with Crippen molar-refractivity contribution in [2.75, 3.05) is 17.3 Å². The van der Waals surface area contributed by atoms with Crippen LogP contribution in [-0.2, 0) is 6.42 Å². The summed E-state index contributed by atoms with van der Waals surface area (Å²) >= 11 is 0. The number of aromatic nitrogens is 2. The Morgan fingerprint density at radius 2 is 2.05 bits per heavy atom. The number of nitrogen functional groups attached to an aromatic ring is 1. The normalized spacial score (nSPS) is 23.1. The van der Waals surface area contributed by atoms with Crippen LogP contribution in [0.4, 0.5) is 11.6 Å². The van der Waals surface area contributed by atoms with E-state index < -0.39 is 0 Å². The van der Waals surface area contributed by atoms with E-state index in [9.17, 15) is 5.11 Å². The Bertz CT molecular complexity index is 412. The molecule has 5 N–H and O–H groups in total. The maximum absolute atomic E-state index is 9.97. The minimum atomic E-state index is -0.194. The van der Waals surface area contributed by atoms with Crippen molar-refractivity contribution in [3.05, 3.63) is 11.9 Å². The third-order valence-electron chi connectivity index (χ3n) is 3.84. The minimum absolute atomic E-state index is 0.194. The van der Waals surface area contributed by atoms with Crippen molar-refractivity contribution in [2.45, 2.75) is 45.1 Å². The number of nitrogens with zero attached hydrogens (tertiary/aromatic N) is 2. The van der Waals surface area contributed by atoms with Crippen LogP contribution in [0.2, 0.25) is 0 Å². The van der Waals surface area contributed by atoms with Gasteiger partial charge in [0.2, 0.25) is 0 Å². The second-order valence-corrected chi connectivity index (χ2v) is 5.04. The average molecular weight is 265 g/mol. The van der Waals surface area contributed by atoms with Crippen molar-refractivity contribution in [3.63, 3.8) is 0 Å². The van der Waals surface area contributed by atoms with Crippen molar-refractivity contribution in [1.29, 1.82) is 0 Å². The molecule has 0 aliphatic heterocycles. The highest BCUT2D eigenvalue weighted by Gasteiger charge is 2.23. The topological polar surface area (TPSA) is 96.1 Å². The van der Waals surface area contributed by atoms with Crippen molar-refractivity contribution in [3.8, 4) is 0 Å². The summed E-state index contributed by atoms with van der Waals surface area (Å²) in [5, 5.41) is 13.3. The number of anilines is 2. The first kappa shape index (κ1) is 14.0. The van der Waals surface area contributed by atoms with E-state index in [-0.39, 0.29) is 6.10 Å². The smallest absolute Gasteiger partial charge is 0.148 e. The van der Waals surface area contributed by atoms with Crippen LogP contribution < -0.4 is 16.6 Å². The van der Waals surface area contributed by atoms with E-state index in [1.165, 1.54) is 12.7 Å². The van der Waals surface area contributed by atoms with Gasteiger partial charge >= 0.3 is 0 Å². The zero-order valence-corrected chi connectivity index (χ0v) is 11.4. The Hall–Kier alpha value is -1.40. The third-order valence-corrected chi connectivity index (χ3v) is 3.84. The van der Waals surface area contributed by atoms with Crippen molar-refractivity contribution >= 4 is 11.6 Å². The Morgan fingerprint density at radius 1 is 1.32 bits per heavy atom. The van der Waals surface area contributed by atoms with Gasteiger partial charge in [0.1, 0.15) is 18.0 Å². The molecule has 0 amide bonds. The summed E-state index contributed by atoms with van der Waals surface area (Å²) < 4.78 is 0. The highest BCUT2D eigenvalue weighted by molar-refractivity contribution is 5.56. The van der Waals surface area contributed by atoms with Crippen LogP contribution >= 0.6 is 0 Å². The van der Waals surface area contributed by atoms with Gasteiger partial charge in [-0.3, -0.25) is 0 Å². The molecule has 6 heteroatoms. The highest BCUT2D eigenvalue weighted by Crippen LogP contribution is 2.26. The first-order chi connectivity index (χ1) is 9.26. The summed E-state index contributed by atoms with van der Waals surface area (Å²) in [6.07, 6.45) is 6.41. The summed E-state index contributed by atoms with van der Waals surface area (Å²) in [6, 6.07) is 0. The molecule has 1 saturated carbocycles. The number of aliphatic hydroxyl groups excluding tert-OH is 1. The van der Waals surface area contributed by atoms with Crippen LogP contribution in [0.15, 0.2) is 6.33 Å². The van der Waals surface area contributed by atoms with Gasteiger partial charge in [0.25, 0.3) is 0 Å². The van der Waals surface area contributed by atoms with Crippen molar-refractivity contribution < 1.29 is 5.11 Å². The van der Waals surface area contributed by atoms with Gasteiger partial charge in [0.15, 0.2) is 0 Å². The van der Waals surface area contributed by atoms with Gasteiger partial charge in [-0.05, 0) is 19.3 Å². The molecular formula is C13H23N5O. The van der Waals surface area contributed by atoms with E-state index in [0.717, 1.165) is 43.6 Å². The molecule has 1 aliphatic carbocycles. The van der Waals surface area contributed by atoms with Gasteiger partial charge in [-0.25, -0.2) is 15.8 Å². The van der Waals surface area contributed by atoms with Gasteiger partial charge in [-0.15, -0.1) is 0 Å². The maximum Gasteiger partial charge on any atom is 0.148 e. The van der Waals surface area contributed by atoms with Crippen LogP contribution in [0.5, 0.6) is 0 Å². The number of aliphatic hydroxyl groups is 1. The van der Waals surface area contributed by atoms with Crippen LogP contribution in [0, 0.1) is 5.92 Å². The lowest BCUT2D eigenvalue weighted by molar-refractivity contribution is 0.0763. The molecule has 19 heavy (non-hydrogen) atoms. The predicted molar refractivity (Wildman–Crippen MR) is 75.7 cm³/mol. The fraction of sp³-hybridized carbons (Fsp3) is 0.692. The lowest BCUT2D eigenvalue weighted by Crippen LogP contribution is -2.30. The molecule has 1 aliphatic rings. The molecule has 1 heterocycles. The average Bonchev–Trinajstić information content (AvgIpc) is 2.45. The standard InChI is InChI=1S/C13H23N5O/c1-2-10-12(16-8-17-13(10)18-14)15-7-9-5-3-4-6-11(9)19/h8-9,11,19H,2-7,14H2,1H3,(H2,15,16,17,18). The molecule has 0 aromatic carbocycles. The van der Waals surface area contributed by atoms with Gasteiger partial charge in [0.05, 0.1) is 6.10 Å². The van der Waals surface area contributed by atoms with E-state index in [1.54, 1.807) is 0 Å². The Balaban J connectivity index is 2.02. The largest absolute Gasteiger partial charge is 0.393 e. The Kier molecular flexibility index (Phi) is 4.93. The first-order valence-electron chi connectivity index (χ1n) is 6.98. The number of hydrogen-bond donors (Lipinski definition) is 4. The molecule has 1 fully saturated rings. The SMILES string of the molecule is CCc1c(NN)ncnc1NCC1CCCCC1O. The molecule has 6 nitrogen and oxygen atoms in total. The molecular weight excluding hydrogens is 242 g/mol. The second kappa shape index (κ2) is 6.68. The number of nitrogens with two attached hydrogens (primary N) is 1. The van der Waals surface area contributed by atoms with Gasteiger partial charge in [0, 0.05) is 18.0 Å². The molecule has 106 valence electrons. The fourth-order valence-electron chi connectivity index (χ4n) is 2.68. The van der Waals surface area contributed by atoms with Crippen LogP contribution in [0.1, 0.15) is 38.2 Å². The lowest BCUT2D eigenvalue weighted by atomic mass is 9.86. The Morgan fingerprint density at radius 3 is 2.74 bits per heavy atom. The summed E-state index contributed by atoms with van der Waals surface area (Å²) in [6.45, 7) is 2.79. The summed E-state index contributed by atoms with van der Waals surface area (Å²) in [5.74, 6) is 7.22. The molecule has 1 aromatic rings. The van der Waals surface area contributed by atoms with Gasteiger partial charge < -0.3 is 15.8 Å². The second-order valence-electron chi connectivity index (χ2n) is 5.04. The van der Waals surface area contributed by atoms with E-state index in [4.69, 9.17) is 5.84 Å². The maximum atomic E-state index is 9.97. The molecule has 2 atom stereocenters. The Labute approximate surface area is 113 Å². The van der Waals surface area contributed by atoms with Gasteiger partial charge in [-0.2, -0.15) is 0 Å². The molecule has 2 rings (SSSR count). The zero-order valence-electron chi connectivity index (χ0n) is 11.4. The van der Waals surface area contributed by atoms with E-state index in [0.29, 0.717) is 11.7 Å². The molecule has 1 aromatic heterocycles. The quantitative estimate of drug-likeness (QED) is 0.473. The molecule has 2 unspecified atom stereocenters. The molecule has 0 radical (unpaired) electrons. The van der Waals surface area contributed by atoms with Crippen molar-refractivity contribution in [1.82, 2.24) is 9.97 Å². The minimum Gasteiger partial charge on any atom is -0.393 e. The number of hydrazine groups is 1. The van der Waals surface area contributed by atoms with E-state index in [2.05, 4.69) is 20.7 Å². The summed E-state index contributed by atoms with van der Waals surface area (Å²) in [4.78, 5) is 8.37. The number of hydrogen-bond acceptors (Lipinski definition) is 6. The molecule has 0 saturated heterocycles. The van der Waals surface area contributed by atoms with E-state index in [1.807, 2.05) is 6.92 Å². The molecule has 0 bridgehead atoms. The summed E-state index contributed by atoms with van der Waals surface area (Å²) in [7, 11) is 0. The zero-order chi connectivity index (χ0) is 13.7.